The van der Waals surface area contributed by atoms with Crippen LogP contribution in [0.25, 0.3) is 0 Å². The van der Waals surface area contributed by atoms with Gasteiger partial charge in [0.05, 0.1) is 0 Å². The molecule has 4 N–H and O–H groups in total. The van der Waals surface area contributed by atoms with Crippen molar-refractivity contribution in [2.45, 2.75) is 200 Å². The zero-order valence-electron chi connectivity index (χ0n) is 26.2. The summed E-state index contributed by atoms with van der Waals surface area (Å²) in [5.41, 5.74) is 0. The Labute approximate surface area is 250 Å². The Balaban J connectivity index is -0.00000578. The van der Waals surface area contributed by atoms with Gasteiger partial charge >= 0.3 is 241 Å². The van der Waals surface area contributed by atoms with Gasteiger partial charge < -0.3 is 11.0 Å². The molecule has 0 bridgehead atoms. The second-order valence-corrected chi connectivity index (χ2v) is 29.3. The molecule has 0 aliphatic heterocycles. The zero-order chi connectivity index (χ0) is 25.7. The first-order valence-corrected chi connectivity index (χ1v) is 27.1. The summed E-state index contributed by atoms with van der Waals surface area (Å²) in [6.45, 7) is 9.34. The van der Waals surface area contributed by atoms with E-state index in [0.29, 0.717) is 0 Å². The number of hydrogen-bond donors (Lipinski definition) is 0. The van der Waals surface area contributed by atoms with Crippen molar-refractivity contribution in [3.05, 3.63) is 0 Å². The van der Waals surface area contributed by atoms with Crippen LogP contribution in [0.15, 0.2) is 0 Å². The summed E-state index contributed by atoms with van der Waals surface area (Å²) in [6, 6.07) is 0. The maximum Gasteiger partial charge on any atom is -0.412 e. The SMILES string of the molecule is CCCCCCC[CH2][Sn][O][Sn]([CH2]CCCCCCC)([CH2]CCCCCCC)[CH2]CCCCCCC.O.O. The largest absolute Gasteiger partial charge is 0.412 e. The van der Waals surface area contributed by atoms with Crippen LogP contribution in [0, 0.1) is 0 Å². The Morgan fingerprint density at radius 1 is 0.378 bits per heavy atom. The van der Waals surface area contributed by atoms with Crippen molar-refractivity contribution in [2.75, 3.05) is 0 Å². The van der Waals surface area contributed by atoms with Gasteiger partial charge in [-0.3, -0.25) is 0 Å². The van der Waals surface area contributed by atoms with Crippen molar-refractivity contribution < 1.29 is 12.4 Å². The van der Waals surface area contributed by atoms with Crippen LogP contribution in [0.5, 0.6) is 0 Å². The Morgan fingerprint density at radius 3 is 0.973 bits per heavy atom. The minimum atomic E-state index is -2.41. The monoisotopic (exact) mass is 744 g/mol. The van der Waals surface area contributed by atoms with Gasteiger partial charge in [0.2, 0.25) is 0 Å². The van der Waals surface area contributed by atoms with Gasteiger partial charge in [-0.15, -0.1) is 0 Å². The van der Waals surface area contributed by atoms with Crippen molar-refractivity contribution in [1.82, 2.24) is 0 Å². The van der Waals surface area contributed by atoms with Crippen LogP contribution < -0.4 is 0 Å². The van der Waals surface area contributed by atoms with E-state index in [1.165, 1.54) is 159 Å². The van der Waals surface area contributed by atoms with Crippen LogP contribution >= 0.6 is 0 Å². The molecule has 0 spiro atoms. The number of unbranched alkanes of at least 4 members (excludes halogenated alkanes) is 20. The molecule has 0 rings (SSSR count). The van der Waals surface area contributed by atoms with Crippen molar-refractivity contribution >= 4 is 40.3 Å². The van der Waals surface area contributed by atoms with Crippen LogP contribution in [-0.4, -0.2) is 51.3 Å². The predicted octanol–water partition coefficient (Wildman–Crippen LogP) is 10.8. The van der Waals surface area contributed by atoms with Gasteiger partial charge in [-0.2, -0.15) is 0 Å². The molecule has 37 heavy (non-hydrogen) atoms. The third-order valence-electron chi connectivity index (χ3n) is 7.88. The van der Waals surface area contributed by atoms with E-state index in [-0.39, 0.29) is 11.0 Å². The summed E-state index contributed by atoms with van der Waals surface area (Å²) < 4.78 is 13.5. The smallest absolute Gasteiger partial charge is 0.412 e. The van der Waals surface area contributed by atoms with Gasteiger partial charge in [0, 0.05) is 0 Å². The first kappa shape index (κ1) is 42.9. The van der Waals surface area contributed by atoms with E-state index in [9.17, 15) is 0 Å². The first-order chi connectivity index (χ1) is 17.2. The van der Waals surface area contributed by atoms with Crippen LogP contribution in [0.2, 0.25) is 17.7 Å². The molecule has 0 aromatic carbocycles. The van der Waals surface area contributed by atoms with Crippen LogP contribution in [0.1, 0.15) is 182 Å². The van der Waals surface area contributed by atoms with E-state index in [1.807, 2.05) is 0 Å². The summed E-state index contributed by atoms with van der Waals surface area (Å²) in [5.74, 6) is 0. The normalized spacial score (nSPS) is 11.4. The quantitative estimate of drug-likeness (QED) is 0.0534. The minimum absolute atomic E-state index is 0. The molecule has 0 aromatic rings. The Kier molecular flexibility index (Phi) is 41.2. The Bertz CT molecular complexity index is 355. The van der Waals surface area contributed by atoms with Crippen LogP contribution in [0.4, 0.5) is 0 Å². The van der Waals surface area contributed by atoms with Gasteiger partial charge in [0.1, 0.15) is 0 Å². The van der Waals surface area contributed by atoms with E-state index in [1.54, 1.807) is 13.3 Å². The third kappa shape index (κ3) is 30.3. The van der Waals surface area contributed by atoms with Gasteiger partial charge in [-0.25, -0.2) is 0 Å². The standard InChI is InChI=1S/4C8H17.2H2O.O.2Sn/c4*1-3-5-7-8-6-4-2;;;;;/h4*1,3-8H2,2H3;2*1H2;;;. The second kappa shape index (κ2) is 35.5. The van der Waals surface area contributed by atoms with E-state index >= 15 is 0 Å². The molecule has 0 atom stereocenters. The molecule has 0 saturated carbocycles. The molecule has 0 unspecified atom stereocenters. The van der Waals surface area contributed by atoms with E-state index in [4.69, 9.17) is 1.41 Å². The van der Waals surface area contributed by atoms with E-state index < -0.39 is 40.3 Å². The predicted molar refractivity (Wildman–Crippen MR) is 173 cm³/mol. The van der Waals surface area contributed by atoms with E-state index in [0.717, 1.165) is 0 Å². The summed E-state index contributed by atoms with van der Waals surface area (Å²) in [7, 11) is 0. The number of hydrogen-bond acceptors (Lipinski definition) is 1. The summed E-state index contributed by atoms with van der Waals surface area (Å²) >= 11 is -3.00. The van der Waals surface area contributed by atoms with Gasteiger partial charge in [0.15, 0.2) is 0 Å². The molecular formula is C32H72O3Sn2. The topological polar surface area (TPSA) is 72.2 Å². The maximum atomic E-state index is 7.32. The molecule has 0 heterocycles. The van der Waals surface area contributed by atoms with Crippen LogP contribution in [-0.2, 0) is 1.41 Å². The Morgan fingerprint density at radius 2 is 0.649 bits per heavy atom. The molecule has 0 amide bonds. The molecular weight excluding hydrogens is 670 g/mol. The summed E-state index contributed by atoms with van der Waals surface area (Å²) in [5, 5.41) is 0. The van der Waals surface area contributed by atoms with Gasteiger partial charge in [-0.1, -0.05) is 0 Å². The molecule has 0 aliphatic carbocycles. The summed E-state index contributed by atoms with van der Waals surface area (Å²) in [4.78, 5) is 0. The zero-order valence-corrected chi connectivity index (χ0v) is 31.9. The maximum absolute atomic E-state index is 7.32. The Hall–Kier alpha value is 1.48. The molecule has 3 nitrogen and oxygen atoms in total. The van der Waals surface area contributed by atoms with Crippen molar-refractivity contribution in [3.8, 4) is 0 Å². The minimum Gasteiger partial charge on any atom is -0.412 e. The summed E-state index contributed by atoms with van der Waals surface area (Å²) in [6.07, 6.45) is 34.9. The average Bonchev–Trinajstić information content (AvgIpc) is 2.87. The first-order valence-electron chi connectivity index (χ1n) is 16.7. The fourth-order valence-electron chi connectivity index (χ4n) is 5.39. The second-order valence-electron chi connectivity index (χ2n) is 11.5. The third-order valence-corrected chi connectivity index (χ3v) is 33.0. The molecule has 5 heteroatoms. The van der Waals surface area contributed by atoms with Crippen LogP contribution in [0.3, 0.4) is 0 Å². The molecule has 0 aliphatic rings. The molecule has 0 aromatic heterocycles. The van der Waals surface area contributed by atoms with Crippen molar-refractivity contribution in [3.63, 3.8) is 0 Å². The average molecular weight is 742 g/mol. The molecule has 2 radical (unpaired) electrons. The molecule has 0 fully saturated rings. The van der Waals surface area contributed by atoms with Gasteiger partial charge in [0.25, 0.3) is 0 Å². The molecule has 226 valence electrons. The fraction of sp³-hybridized carbons (Fsp3) is 1.00. The number of rotatable bonds is 30. The molecule has 0 saturated heterocycles. The van der Waals surface area contributed by atoms with Gasteiger partial charge in [-0.05, 0) is 0 Å². The fourth-order valence-corrected chi connectivity index (χ4v) is 32.0. The van der Waals surface area contributed by atoms with Crippen molar-refractivity contribution in [1.29, 1.82) is 0 Å². The van der Waals surface area contributed by atoms with Crippen molar-refractivity contribution in [2.24, 2.45) is 0 Å². The van der Waals surface area contributed by atoms with E-state index in [2.05, 4.69) is 27.7 Å².